The Morgan fingerprint density at radius 3 is 2.44 bits per heavy atom. The van der Waals surface area contributed by atoms with E-state index in [9.17, 15) is 0 Å². The van der Waals surface area contributed by atoms with Crippen LogP contribution < -0.4 is 5.32 Å². The molecule has 3 saturated heterocycles. The highest BCUT2D eigenvalue weighted by Crippen LogP contribution is 2.36. The summed E-state index contributed by atoms with van der Waals surface area (Å²) in [5.41, 5.74) is 0. The minimum atomic E-state index is 0.863. The molecule has 0 aromatic carbocycles. The molecule has 2 atom stereocenters. The maximum Gasteiger partial charge on any atom is 0.0261 e. The SMILES string of the molecule is CN1C2CCC1CC(N1CCC[N]CC1)C2. The molecular formula is C13H24N3. The quantitative estimate of drug-likeness (QED) is 0.658. The maximum atomic E-state index is 4.53. The van der Waals surface area contributed by atoms with Crippen molar-refractivity contribution < 1.29 is 0 Å². The van der Waals surface area contributed by atoms with Crippen LogP contribution in [-0.4, -0.2) is 61.2 Å². The largest absolute Gasteiger partial charge is 0.300 e. The first-order valence-corrected chi connectivity index (χ1v) is 6.94. The van der Waals surface area contributed by atoms with Gasteiger partial charge in [-0.15, -0.1) is 0 Å². The van der Waals surface area contributed by atoms with Crippen molar-refractivity contribution in [3.63, 3.8) is 0 Å². The van der Waals surface area contributed by atoms with Crippen LogP contribution in [-0.2, 0) is 0 Å². The van der Waals surface area contributed by atoms with E-state index in [1.807, 2.05) is 0 Å². The van der Waals surface area contributed by atoms with Crippen molar-refractivity contribution in [3.05, 3.63) is 0 Å². The van der Waals surface area contributed by atoms with Gasteiger partial charge in [0.25, 0.3) is 0 Å². The van der Waals surface area contributed by atoms with Gasteiger partial charge in [0.15, 0.2) is 0 Å². The second-order valence-electron chi connectivity index (χ2n) is 5.74. The third kappa shape index (κ3) is 2.01. The number of hydrogen-bond acceptors (Lipinski definition) is 2. The molecule has 2 bridgehead atoms. The topological polar surface area (TPSA) is 20.6 Å². The average molecular weight is 222 g/mol. The molecule has 0 saturated carbocycles. The van der Waals surface area contributed by atoms with Crippen molar-refractivity contribution in [2.45, 2.75) is 50.2 Å². The van der Waals surface area contributed by atoms with Crippen molar-refractivity contribution in [1.29, 1.82) is 0 Å². The Morgan fingerprint density at radius 1 is 0.938 bits per heavy atom. The van der Waals surface area contributed by atoms with Crippen LogP contribution >= 0.6 is 0 Å². The molecule has 3 aliphatic rings. The molecule has 2 unspecified atom stereocenters. The fraction of sp³-hybridized carbons (Fsp3) is 1.00. The lowest BCUT2D eigenvalue weighted by molar-refractivity contribution is 0.0793. The number of fused-ring (bicyclic) bond motifs is 2. The Hall–Kier alpha value is -0.120. The zero-order valence-corrected chi connectivity index (χ0v) is 10.4. The van der Waals surface area contributed by atoms with Crippen LogP contribution in [0.1, 0.15) is 32.1 Å². The van der Waals surface area contributed by atoms with Crippen molar-refractivity contribution >= 4 is 0 Å². The second kappa shape index (κ2) is 4.63. The molecule has 0 N–H and O–H groups in total. The van der Waals surface area contributed by atoms with E-state index < -0.39 is 0 Å². The number of hydrogen-bond donors (Lipinski definition) is 0. The minimum Gasteiger partial charge on any atom is -0.300 e. The highest BCUT2D eigenvalue weighted by molar-refractivity contribution is 4.97. The van der Waals surface area contributed by atoms with Gasteiger partial charge in [0, 0.05) is 37.8 Å². The van der Waals surface area contributed by atoms with Gasteiger partial charge < -0.3 is 4.90 Å². The molecule has 1 radical (unpaired) electrons. The van der Waals surface area contributed by atoms with Crippen LogP contribution in [0.25, 0.3) is 0 Å². The van der Waals surface area contributed by atoms with Gasteiger partial charge >= 0.3 is 0 Å². The van der Waals surface area contributed by atoms with E-state index in [-0.39, 0.29) is 0 Å². The summed E-state index contributed by atoms with van der Waals surface area (Å²) in [6.07, 6.45) is 6.98. The molecule has 0 aliphatic carbocycles. The monoisotopic (exact) mass is 222 g/mol. The van der Waals surface area contributed by atoms with Crippen molar-refractivity contribution in [1.82, 2.24) is 15.1 Å². The van der Waals surface area contributed by atoms with Crippen molar-refractivity contribution in [3.8, 4) is 0 Å². The summed E-state index contributed by atoms with van der Waals surface area (Å²) >= 11 is 0. The molecule has 3 aliphatic heterocycles. The lowest BCUT2D eigenvalue weighted by Crippen LogP contribution is -2.49. The summed E-state index contributed by atoms with van der Waals surface area (Å²) < 4.78 is 0. The Balaban J connectivity index is 1.63. The highest BCUT2D eigenvalue weighted by Gasteiger charge is 2.40. The van der Waals surface area contributed by atoms with Crippen LogP contribution in [0, 0.1) is 0 Å². The van der Waals surface area contributed by atoms with E-state index >= 15 is 0 Å². The summed E-state index contributed by atoms with van der Waals surface area (Å²) in [5, 5.41) is 4.53. The normalized spacial score (nSPS) is 42.2. The van der Waals surface area contributed by atoms with Gasteiger partial charge in [-0.05, 0) is 45.7 Å². The van der Waals surface area contributed by atoms with E-state index in [0.717, 1.165) is 31.2 Å². The average Bonchev–Trinajstić information content (AvgIpc) is 2.60. The van der Waals surface area contributed by atoms with Crippen molar-refractivity contribution in [2.24, 2.45) is 0 Å². The van der Waals surface area contributed by atoms with Gasteiger partial charge in [0.05, 0.1) is 0 Å². The molecule has 0 aromatic rings. The van der Waals surface area contributed by atoms with Crippen LogP contribution in [0.5, 0.6) is 0 Å². The predicted molar refractivity (Wildman–Crippen MR) is 65.7 cm³/mol. The first-order valence-electron chi connectivity index (χ1n) is 6.94. The van der Waals surface area contributed by atoms with Crippen LogP contribution in [0.4, 0.5) is 0 Å². The summed E-state index contributed by atoms with van der Waals surface area (Å²) in [4.78, 5) is 5.37. The fourth-order valence-electron chi connectivity index (χ4n) is 3.85. The van der Waals surface area contributed by atoms with Gasteiger partial charge in [0.2, 0.25) is 0 Å². The lowest BCUT2D eigenvalue weighted by atomic mass is 9.96. The molecule has 3 rings (SSSR count). The van der Waals surface area contributed by atoms with Crippen LogP contribution in [0.2, 0.25) is 0 Å². The van der Waals surface area contributed by atoms with Gasteiger partial charge in [-0.2, -0.15) is 0 Å². The third-order valence-corrected chi connectivity index (χ3v) is 4.90. The molecule has 3 heteroatoms. The maximum absolute atomic E-state index is 4.53. The van der Waals surface area contributed by atoms with Crippen molar-refractivity contribution in [2.75, 3.05) is 33.2 Å². The van der Waals surface area contributed by atoms with E-state index in [0.29, 0.717) is 0 Å². The zero-order valence-electron chi connectivity index (χ0n) is 10.4. The summed E-state index contributed by atoms with van der Waals surface area (Å²) in [7, 11) is 2.33. The van der Waals surface area contributed by atoms with E-state index in [1.165, 1.54) is 45.2 Å². The van der Waals surface area contributed by atoms with Gasteiger partial charge in [-0.1, -0.05) is 0 Å². The Morgan fingerprint density at radius 2 is 1.69 bits per heavy atom. The van der Waals surface area contributed by atoms with Crippen LogP contribution in [0.3, 0.4) is 0 Å². The number of nitrogens with zero attached hydrogens (tertiary/aromatic N) is 3. The molecule has 91 valence electrons. The minimum absolute atomic E-state index is 0.863. The third-order valence-electron chi connectivity index (χ3n) is 4.90. The van der Waals surface area contributed by atoms with Gasteiger partial charge in [-0.3, -0.25) is 4.90 Å². The molecule has 0 amide bonds. The Labute approximate surface area is 99.2 Å². The van der Waals surface area contributed by atoms with Gasteiger partial charge in [0.1, 0.15) is 0 Å². The summed E-state index contributed by atoms with van der Waals surface area (Å²) in [6.45, 7) is 4.67. The second-order valence-corrected chi connectivity index (χ2v) is 5.74. The molecule has 3 fully saturated rings. The van der Waals surface area contributed by atoms with E-state index in [2.05, 4.69) is 22.2 Å². The standard InChI is InChI=1S/C13H24N3/c1-15-11-3-4-12(15)10-13(9-11)16-7-2-5-14-6-8-16/h11-13H,2-10H2,1H3. The summed E-state index contributed by atoms with van der Waals surface area (Å²) in [6, 6.07) is 2.62. The lowest BCUT2D eigenvalue weighted by Gasteiger charge is -2.41. The van der Waals surface area contributed by atoms with Gasteiger partial charge in [-0.25, -0.2) is 5.32 Å². The molecule has 3 nitrogen and oxygen atoms in total. The molecule has 0 spiro atoms. The molecule has 16 heavy (non-hydrogen) atoms. The molecule has 3 heterocycles. The van der Waals surface area contributed by atoms with E-state index in [1.54, 1.807) is 0 Å². The van der Waals surface area contributed by atoms with E-state index in [4.69, 9.17) is 0 Å². The smallest absolute Gasteiger partial charge is 0.0261 e. The Kier molecular flexibility index (Phi) is 3.18. The molecular weight excluding hydrogens is 198 g/mol. The molecule has 0 aromatic heterocycles. The first kappa shape index (κ1) is 11.0. The summed E-state index contributed by atoms with van der Waals surface area (Å²) in [5.74, 6) is 0. The zero-order chi connectivity index (χ0) is 11.0. The Bertz CT molecular complexity index is 221. The predicted octanol–water partition coefficient (Wildman–Crippen LogP) is 0.922. The number of rotatable bonds is 1. The fourth-order valence-corrected chi connectivity index (χ4v) is 3.85. The van der Waals surface area contributed by atoms with Crippen LogP contribution in [0.15, 0.2) is 0 Å². The highest BCUT2D eigenvalue weighted by atomic mass is 15.2. The first-order chi connectivity index (χ1) is 7.84. The number of piperidine rings is 1.